The Bertz CT molecular complexity index is 1390. The maximum atomic E-state index is 13.2. The summed E-state index contributed by atoms with van der Waals surface area (Å²) in [4.78, 5) is 59.1. The number of hydrogen-bond donors (Lipinski definition) is 3. The van der Waals surface area contributed by atoms with E-state index < -0.39 is 41.2 Å². The number of esters is 1. The van der Waals surface area contributed by atoms with Gasteiger partial charge in [-0.2, -0.15) is 0 Å². The number of benzene rings is 1. The minimum atomic E-state index is -1.39. The Kier molecular flexibility index (Phi) is 9.61. The summed E-state index contributed by atoms with van der Waals surface area (Å²) >= 11 is 0. The van der Waals surface area contributed by atoms with Gasteiger partial charge in [0.2, 0.25) is 0 Å². The smallest absolute Gasteiger partial charge is 0.329 e. The Morgan fingerprint density at radius 2 is 1.76 bits per heavy atom. The summed E-state index contributed by atoms with van der Waals surface area (Å²) in [5, 5.41) is 32.0. The molecule has 3 fully saturated rings. The number of nitro benzene ring substituents is 1. The minimum Gasteiger partial charge on any atom is -0.481 e. The highest BCUT2D eigenvalue weighted by atomic mass is 16.6. The van der Waals surface area contributed by atoms with E-state index in [1.807, 2.05) is 0 Å². The van der Waals surface area contributed by atoms with Crippen LogP contribution in [0.4, 0.5) is 5.69 Å². The number of carboxylic acids is 2. The normalized spacial score (nSPS) is 34.2. The van der Waals surface area contributed by atoms with Gasteiger partial charge in [0.05, 0.1) is 11.3 Å². The zero-order valence-electron chi connectivity index (χ0n) is 26.9. The second-order valence-electron chi connectivity index (χ2n) is 14.7. The summed E-state index contributed by atoms with van der Waals surface area (Å²) in [7, 11) is 0. The molecule has 46 heavy (non-hydrogen) atoms. The first kappa shape index (κ1) is 33.6. The number of carbonyl (C=O) groups is 4. The lowest BCUT2D eigenvalue weighted by Crippen LogP contribution is -2.53. The standard InChI is InChI=1S/C35H46N2O9/c1-20(4-13-30(38)39)26-11-12-27-25-10-7-22-18-24(14-16-34(22,2)28(25)15-17-35(26,27)3)46-33(43)29(19-31(40)41)36-32(42)21-5-8-23(9-6-21)37(44)45/h5-6,8-9,15,17,20,22,24-29H,4,7,10-14,16,18-19H2,1-3H3,(H,36,42)(H,38,39)(H,40,41)/t20-,22-,24-,25+,26?,27+,28+,29+,34+,35-/m1/s1. The summed E-state index contributed by atoms with van der Waals surface area (Å²) in [5.41, 5.74) is 0.0111. The lowest BCUT2D eigenvalue weighted by Gasteiger charge is -2.59. The van der Waals surface area contributed by atoms with Crippen LogP contribution in [0.15, 0.2) is 36.4 Å². The molecule has 11 heteroatoms. The molecule has 3 N–H and O–H groups in total. The summed E-state index contributed by atoms with van der Waals surface area (Å²) in [5.74, 6) is -0.752. The fraction of sp³-hybridized carbons (Fsp3) is 0.657. The highest BCUT2D eigenvalue weighted by Crippen LogP contribution is 2.66. The van der Waals surface area contributed by atoms with E-state index in [9.17, 15) is 39.5 Å². The maximum absolute atomic E-state index is 13.2. The van der Waals surface area contributed by atoms with Gasteiger partial charge >= 0.3 is 17.9 Å². The SMILES string of the molecule is C[C@H](CCC(=O)O)C1CC[C@H]2[C@@H]3CC[C@@H]4C[C@H](OC(=O)[C@H](CC(=O)O)NC(=O)c5ccc([N+](=O)[O-])cc5)CC[C@]4(C)[C@H]3C=C[C@]12C. The minimum absolute atomic E-state index is 0.0568. The molecule has 0 radical (unpaired) electrons. The third kappa shape index (κ3) is 6.55. The van der Waals surface area contributed by atoms with E-state index in [4.69, 9.17) is 4.74 Å². The van der Waals surface area contributed by atoms with Crippen molar-refractivity contribution in [2.45, 2.75) is 97.1 Å². The monoisotopic (exact) mass is 638 g/mol. The molecule has 0 saturated heterocycles. The number of rotatable bonds is 11. The van der Waals surface area contributed by atoms with Crippen molar-refractivity contribution in [1.82, 2.24) is 5.32 Å². The van der Waals surface area contributed by atoms with Crippen LogP contribution in [-0.4, -0.2) is 51.1 Å². The number of nitrogens with one attached hydrogen (secondary N) is 1. The molecule has 4 aliphatic carbocycles. The Morgan fingerprint density at radius 1 is 1.04 bits per heavy atom. The van der Waals surface area contributed by atoms with Crippen LogP contribution in [0, 0.1) is 56.5 Å². The second kappa shape index (κ2) is 13.2. The van der Waals surface area contributed by atoms with Crippen LogP contribution in [0.2, 0.25) is 0 Å². The Hall–Kier alpha value is -3.76. The van der Waals surface area contributed by atoms with Gasteiger partial charge in [-0.05, 0) is 110 Å². The Balaban J connectivity index is 1.23. The van der Waals surface area contributed by atoms with Gasteiger partial charge in [0, 0.05) is 24.1 Å². The van der Waals surface area contributed by atoms with Gasteiger partial charge in [-0.1, -0.05) is 32.9 Å². The number of nitrogens with zero attached hydrogens (tertiary/aromatic N) is 1. The number of allylic oxidation sites excluding steroid dienone is 2. The molecule has 10 atom stereocenters. The van der Waals surface area contributed by atoms with Crippen LogP contribution in [-0.2, 0) is 19.1 Å². The van der Waals surface area contributed by atoms with Crippen molar-refractivity contribution >= 4 is 29.5 Å². The summed E-state index contributed by atoms with van der Waals surface area (Å²) < 4.78 is 5.87. The van der Waals surface area contributed by atoms with Crippen molar-refractivity contribution < 1.29 is 39.1 Å². The molecule has 1 aromatic carbocycles. The fourth-order valence-electron chi connectivity index (χ4n) is 9.78. The van der Waals surface area contributed by atoms with Gasteiger partial charge in [0.15, 0.2) is 0 Å². The molecule has 0 aromatic heterocycles. The van der Waals surface area contributed by atoms with E-state index in [2.05, 4.69) is 38.2 Å². The van der Waals surface area contributed by atoms with E-state index in [-0.39, 0.29) is 34.6 Å². The van der Waals surface area contributed by atoms with Crippen LogP contribution in [0.1, 0.15) is 95.3 Å². The molecule has 0 bridgehead atoms. The largest absolute Gasteiger partial charge is 0.481 e. The van der Waals surface area contributed by atoms with Crippen molar-refractivity contribution in [1.29, 1.82) is 0 Å². The molecule has 0 heterocycles. The number of ether oxygens (including phenoxy) is 1. The lowest BCUT2D eigenvalue weighted by atomic mass is 9.46. The predicted molar refractivity (Wildman–Crippen MR) is 168 cm³/mol. The number of fused-ring (bicyclic) bond motifs is 5. The molecular weight excluding hydrogens is 592 g/mol. The van der Waals surface area contributed by atoms with Gasteiger partial charge in [0.25, 0.3) is 11.6 Å². The van der Waals surface area contributed by atoms with Crippen LogP contribution in [0.5, 0.6) is 0 Å². The number of carbonyl (C=O) groups excluding carboxylic acids is 2. The summed E-state index contributed by atoms with van der Waals surface area (Å²) in [6.07, 6.45) is 11.5. The first-order valence-corrected chi connectivity index (χ1v) is 16.6. The van der Waals surface area contributed by atoms with E-state index in [0.29, 0.717) is 54.8 Å². The van der Waals surface area contributed by atoms with Gasteiger partial charge in [-0.25, -0.2) is 4.79 Å². The third-order valence-electron chi connectivity index (χ3n) is 12.2. The van der Waals surface area contributed by atoms with Crippen molar-refractivity contribution in [3.8, 4) is 0 Å². The zero-order chi connectivity index (χ0) is 33.4. The highest BCUT2D eigenvalue weighted by Gasteiger charge is 2.59. The number of hydrogen-bond acceptors (Lipinski definition) is 7. The van der Waals surface area contributed by atoms with E-state index >= 15 is 0 Å². The van der Waals surface area contributed by atoms with Gasteiger partial charge < -0.3 is 20.3 Å². The summed E-state index contributed by atoms with van der Waals surface area (Å²) in [6.45, 7) is 6.97. The van der Waals surface area contributed by atoms with Crippen molar-refractivity contribution in [3.63, 3.8) is 0 Å². The quantitative estimate of drug-likeness (QED) is 0.113. The van der Waals surface area contributed by atoms with Crippen LogP contribution < -0.4 is 5.32 Å². The Labute approximate surface area is 269 Å². The molecule has 3 saturated carbocycles. The van der Waals surface area contributed by atoms with Crippen LogP contribution >= 0.6 is 0 Å². The van der Waals surface area contributed by atoms with E-state index in [0.717, 1.165) is 25.7 Å². The third-order valence-corrected chi connectivity index (χ3v) is 12.2. The maximum Gasteiger partial charge on any atom is 0.329 e. The molecule has 1 unspecified atom stereocenters. The van der Waals surface area contributed by atoms with Crippen LogP contribution in [0.3, 0.4) is 0 Å². The average molecular weight is 639 g/mol. The zero-order valence-corrected chi connectivity index (χ0v) is 26.9. The van der Waals surface area contributed by atoms with E-state index in [1.54, 1.807) is 0 Å². The fourth-order valence-corrected chi connectivity index (χ4v) is 9.78. The average Bonchev–Trinajstić information content (AvgIpc) is 3.36. The first-order chi connectivity index (χ1) is 21.7. The van der Waals surface area contributed by atoms with E-state index in [1.165, 1.54) is 30.7 Å². The van der Waals surface area contributed by atoms with Crippen LogP contribution in [0.25, 0.3) is 0 Å². The van der Waals surface area contributed by atoms with Gasteiger partial charge in [0.1, 0.15) is 12.1 Å². The first-order valence-electron chi connectivity index (χ1n) is 16.6. The van der Waals surface area contributed by atoms with Gasteiger partial charge in [-0.15, -0.1) is 0 Å². The molecule has 1 amide bonds. The second-order valence-corrected chi connectivity index (χ2v) is 14.7. The number of nitro groups is 1. The molecule has 1 aromatic rings. The molecule has 4 aliphatic rings. The molecular formula is C35H46N2O9. The topological polar surface area (TPSA) is 173 Å². The highest BCUT2D eigenvalue weighted by molar-refractivity contribution is 5.97. The number of aliphatic carboxylic acids is 2. The lowest BCUT2D eigenvalue weighted by molar-refractivity contribution is -0.384. The summed E-state index contributed by atoms with van der Waals surface area (Å²) in [6, 6.07) is 3.45. The Morgan fingerprint density at radius 3 is 2.41 bits per heavy atom. The number of non-ortho nitro benzene ring substituents is 1. The number of carboxylic acid groups (broad SMARTS) is 2. The molecule has 5 rings (SSSR count). The molecule has 250 valence electrons. The molecule has 11 nitrogen and oxygen atoms in total. The van der Waals surface area contributed by atoms with Crippen molar-refractivity contribution in [2.75, 3.05) is 0 Å². The van der Waals surface area contributed by atoms with Gasteiger partial charge in [-0.3, -0.25) is 24.5 Å². The van der Waals surface area contributed by atoms with Crippen molar-refractivity contribution in [3.05, 3.63) is 52.1 Å². The van der Waals surface area contributed by atoms with Crippen molar-refractivity contribution in [2.24, 2.45) is 46.3 Å². The molecule has 0 spiro atoms. The predicted octanol–water partition coefficient (Wildman–Crippen LogP) is 6.02. The number of amides is 1. The molecule has 0 aliphatic heterocycles.